The van der Waals surface area contributed by atoms with Gasteiger partial charge in [-0.3, -0.25) is 14.1 Å². The van der Waals surface area contributed by atoms with Crippen molar-refractivity contribution in [1.82, 2.24) is 23.7 Å². The number of hydrogen-bond donors (Lipinski definition) is 2. The quantitative estimate of drug-likeness (QED) is 0.361. The Bertz CT molecular complexity index is 1850. The number of aromatic nitrogens is 3. The van der Waals surface area contributed by atoms with Crippen molar-refractivity contribution in [3.8, 4) is 11.1 Å². The smallest absolute Gasteiger partial charge is 0.410 e. The number of pyridine rings is 1. The summed E-state index contributed by atoms with van der Waals surface area (Å²) in [6.07, 6.45) is 2.06. The fraction of sp³-hybridized carbons (Fsp3) is 0.533. The van der Waals surface area contributed by atoms with E-state index in [1.807, 2.05) is 0 Å². The molecule has 3 aliphatic rings. The van der Waals surface area contributed by atoms with Gasteiger partial charge in [0.1, 0.15) is 23.2 Å². The summed E-state index contributed by atoms with van der Waals surface area (Å²) in [6, 6.07) is 2.41. The average molecular weight is 664 g/mol. The minimum absolute atomic E-state index is 0.00109. The van der Waals surface area contributed by atoms with Crippen molar-refractivity contribution in [2.24, 2.45) is 5.92 Å². The molecule has 46 heavy (non-hydrogen) atoms. The molecule has 1 amide bonds. The molecular weight excluding hydrogens is 627 g/mol. The van der Waals surface area contributed by atoms with Crippen LogP contribution in [-0.2, 0) is 14.9 Å². The van der Waals surface area contributed by atoms with Crippen LogP contribution >= 0.6 is 0 Å². The lowest BCUT2D eigenvalue weighted by atomic mass is 10.0. The Balaban J connectivity index is 1.42. The molecule has 4 heterocycles. The number of hydrogen-bond acceptors (Lipinski definition) is 8. The zero-order valence-corrected chi connectivity index (χ0v) is 26.5. The number of benzene rings is 1. The third kappa shape index (κ3) is 6.63. The SMILES string of the molecule is CC(C)(C)OC(=O)N1CCC(n2c(=O)c(-c3c(F)ccc(NS(=O)(=O)N4CC[C@@H](F)C4)c3F)cc3cnc(NCC4CC4)nc32)C1. The van der Waals surface area contributed by atoms with Crippen LogP contribution < -0.4 is 15.6 Å². The van der Waals surface area contributed by atoms with Crippen molar-refractivity contribution in [3.63, 3.8) is 0 Å². The van der Waals surface area contributed by atoms with Gasteiger partial charge in [-0.2, -0.15) is 17.7 Å². The van der Waals surface area contributed by atoms with Gasteiger partial charge in [-0.25, -0.2) is 22.9 Å². The highest BCUT2D eigenvalue weighted by Crippen LogP contribution is 2.34. The van der Waals surface area contributed by atoms with E-state index in [-0.39, 0.29) is 49.8 Å². The second-order valence-electron chi connectivity index (χ2n) is 13.0. The van der Waals surface area contributed by atoms with Gasteiger partial charge >= 0.3 is 16.3 Å². The molecule has 16 heteroatoms. The number of amides is 1. The molecule has 248 valence electrons. The van der Waals surface area contributed by atoms with Gasteiger partial charge in [0.25, 0.3) is 5.56 Å². The van der Waals surface area contributed by atoms with E-state index in [9.17, 15) is 22.4 Å². The highest BCUT2D eigenvalue weighted by molar-refractivity contribution is 7.90. The van der Waals surface area contributed by atoms with Crippen molar-refractivity contribution in [2.75, 3.05) is 42.8 Å². The van der Waals surface area contributed by atoms with Crippen LogP contribution in [0.5, 0.6) is 0 Å². The van der Waals surface area contributed by atoms with Gasteiger partial charge in [-0.05, 0) is 70.6 Å². The number of nitrogens with zero attached hydrogens (tertiary/aromatic N) is 5. The summed E-state index contributed by atoms with van der Waals surface area (Å²) in [6.45, 7) is 5.75. The van der Waals surface area contributed by atoms with Gasteiger partial charge in [0.15, 0.2) is 5.82 Å². The Morgan fingerprint density at radius 3 is 2.54 bits per heavy atom. The normalized spacial score (nSPS) is 20.8. The Hall–Kier alpha value is -3.92. The first-order valence-corrected chi connectivity index (χ1v) is 16.7. The van der Waals surface area contributed by atoms with E-state index in [0.29, 0.717) is 24.3 Å². The molecule has 2 aliphatic heterocycles. The summed E-state index contributed by atoms with van der Waals surface area (Å²) in [4.78, 5) is 37.5. The Morgan fingerprint density at radius 1 is 1.11 bits per heavy atom. The van der Waals surface area contributed by atoms with Crippen molar-refractivity contribution < 1.29 is 31.1 Å². The molecule has 12 nitrogen and oxygen atoms in total. The summed E-state index contributed by atoms with van der Waals surface area (Å²) in [5, 5.41) is 3.48. The van der Waals surface area contributed by atoms with Crippen LogP contribution in [0.15, 0.2) is 29.2 Å². The Morgan fingerprint density at radius 2 is 1.87 bits per heavy atom. The zero-order chi connectivity index (χ0) is 33.0. The molecule has 3 fully saturated rings. The van der Waals surface area contributed by atoms with E-state index < -0.39 is 62.6 Å². The molecular formula is C30H36F3N7O5S. The molecule has 1 saturated carbocycles. The lowest BCUT2D eigenvalue weighted by molar-refractivity contribution is 0.0289. The van der Waals surface area contributed by atoms with Crippen LogP contribution in [0.3, 0.4) is 0 Å². The van der Waals surface area contributed by atoms with Gasteiger partial charge < -0.3 is 15.0 Å². The summed E-state index contributed by atoms with van der Waals surface area (Å²) < 4.78 is 80.7. The highest BCUT2D eigenvalue weighted by atomic mass is 32.2. The summed E-state index contributed by atoms with van der Waals surface area (Å²) in [7, 11) is -4.36. The number of carbonyl (C=O) groups excluding carboxylic acids is 1. The molecule has 0 radical (unpaired) electrons. The first-order valence-electron chi connectivity index (χ1n) is 15.2. The summed E-state index contributed by atoms with van der Waals surface area (Å²) >= 11 is 0. The fourth-order valence-electron chi connectivity index (χ4n) is 5.71. The first kappa shape index (κ1) is 32.0. The molecule has 1 aromatic carbocycles. The van der Waals surface area contributed by atoms with Gasteiger partial charge in [0, 0.05) is 44.3 Å². The van der Waals surface area contributed by atoms with Crippen LogP contribution in [0, 0.1) is 17.6 Å². The minimum Gasteiger partial charge on any atom is -0.444 e. The van der Waals surface area contributed by atoms with E-state index >= 15 is 8.78 Å². The number of halogens is 3. The van der Waals surface area contributed by atoms with Crippen molar-refractivity contribution >= 4 is 39.0 Å². The Kier molecular flexibility index (Phi) is 8.38. The van der Waals surface area contributed by atoms with E-state index in [1.54, 1.807) is 20.8 Å². The monoisotopic (exact) mass is 663 g/mol. The van der Waals surface area contributed by atoms with Crippen molar-refractivity contribution in [1.29, 1.82) is 0 Å². The molecule has 6 rings (SSSR count). The van der Waals surface area contributed by atoms with E-state index in [4.69, 9.17) is 4.74 Å². The van der Waals surface area contributed by atoms with Crippen LogP contribution in [0.1, 0.15) is 52.5 Å². The van der Waals surface area contributed by atoms with Crippen molar-refractivity contribution in [2.45, 2.75) is 64.3 Å². The van der Waals surface area contributed by atoms with E-state index in [2.05, 4.69) is 20.0 Å². The third-order valence-corrected chi connectivity index (χ3v) is 9.72. The number of ether oxygens (including phenoxy) is 1. The number of rotatable bonds is 8. The minimum atomic E-state index is -4.36. The van der Waals surface area contributed by atoms with Crippen LogP contribution in [0.25, 0.3) is 22.2 Å². The van der Waals surface area contributed by atoms with Gasteiger partial charge in [-0.1, -0.05) is 0 Å². The average Bonchev–Trinajstić information content (AvgIpc) is 3.48. The maximum absolute atomic E-state index is 16.1. The number of fused-ring (bicyclic) bond motifs is 1. The van der Waals surface area contributed by atoms with E-state index in [1.165, 1.54) is 21.7 Å². The molecule has 1 aliphatic carbocycles. The van der Waals surface area contributed by atoms with Crippen LogP contribution in [0.4, 0.5) is 29.6 Å². The van der Waals surface area contributed by atoms with Crippen LogP contribution in [0.2, 0.25) is 0 Å². The van der Waals surface area contributed by atoms with Gasteiger partial charge in [0.2, 0.25) is 5.95 Å². The molecule has 2 aromatic heterocycles. The predicted molar refractivity (Wildman–Crippen MR) is 165 cm³/mol. The number of nitrogens with one attached hydrogen (secondary N) is 2. The first-order chi connectivity index (χ1) is 21.7. The lowest BCUT2D eigenvalue weighted by Gasteiger charge is -2.25. The second kappa shape index (κ2) is 12.0. The zero-order valence-electron chi connectivity index (χ0n) is 25.7. The fourth-order valence-corrected chi connectivity index (χ4v) is 6.98. The molecule has 3 aromatic rings. The number of alkyl halides is 1. The maximum atomic E-state index is 16.1. The molecule has 0 spiro atoms. The molecule has 2 saturated heterocycles. The number of likely N-dealkylation sites (tertiary alicyclic amines) is 1. The standard InChI is InChI=1S/C30H36F3N7O5S/c1-30(2,3)45-29(42)38-10-9-20(16-38)40-26-18(14-35-28(36-26)34-13-17-4-5-17)12-21(27(40)41)24-22(32)6-7-23(25(24)33)37-46(43,44)39-11-8-19(31)15-39/h6-7,12,14,17,19-20,37H,4-5,8-11,13,15-16H2,1-3H3,(H,34,35,36)/t19-,20?/m1/s1. The maximum Gasteiger partial charge on any atom is 0.410 e. The van der Waals surface area contributed by atoms with Gasteiger partial charge in [0.05, 0.1) is 22.9 Å². The molecule has 1 unspecified atom stereocenters. The summed E-state index contributed by atoms with van der Waals surface area (Å²) in [5.41, 5.74) is -3.04. The topological polar surface area (TPSA) is 139 Å². The van der Waals surface area contributed by atoms with Gasteiger partial charge in [-0.15, -0.1) is 0 Å². The summed E-state index contributed by atoms with van der Waals surface area (Å²) in [5.74, 6) is -1.61. The highest BCUT2D eigenvalue weighted by Gasteiger charge is 2.35. The number of carbonyl (C=O) groups is 1. The van der Waals surface area contributed by atoms with Crippen LogP contribution in [-0.4, -0.2) is 82.7 Å². The number of anilines is 2. The van der Waals surface area contributed by atoms with Crippen molar-refractivity contribution in [3.05, 3.63) is 46.4 Å². The predicted octanol–water partition coefficient (Wildman–Crippen LogP) is 4.44. The lowest BCUT2D eigenvalue weighted by Crippen LogP contribution is -2.36. The molecule has 0 bridgehead atoms. The molecule has 2 N–H and O–H groups in total. The largest absolute Gasteiger partial charge is 0.444 e. The third-order valence-electron chi connectivity index (χ3n) is 8.23. The Labute approximate surface area is 264 Å². The second-order valence-corrected chi connectivity index (χ2v) is 14.7. The molecule has 2 atom stereocenters. The van der Waals surface area contributed by atoms with E-state index in [0.717, 1.165) is 29.3 Å².